The van der Waals surface area contributed by atoms with Gasteiger partial charge in [-0.15, -0.1) is 0 Å². The summed E-state index contributed by atoms with van der Waals surface area (Å²) in [6.07, 6.45) is -4.30. The molecule has 0 aliphatic rings. The molecule has 0 heterocycles. The number of hydrogen-bond acceptors (Lipinski definition) is 2. The Morgan fingerprint density at radius 3 is 2.29 bits per heavy atom. The van der Waals surface area contributed by atoms with Crippen molar-refractivity contribution in [1.82, 2.24) is 0 Å². The van der Waals surface area contributed by atoms with Gasteiger partial charge in [-0.25, -0.2) is 0 Å². The molecule has 0 aliphatic carbocycles. The van der Waals surface area contributed by atoms with Crippen molar-refractivity contribution in [3.05, 3.63) is 29.8 Å². The summed E-state index contributed by atoms with van der Waals surface area (Å²) in [5.41, 5.74) is 6.77. The first-order valence-electron chi connectivity index (χ1n) is 5.47. The van der Waals surface area contributed by atoms with Crippen LogP contribution in [0.3, 0.4) is 0 Å². The van der Waals surface area contributed by atoms with Crippen LogP contribution in [0.5, 0.6) is 5.75 Å². The molecule has 5 heteroatoms. The molecule has 0 aromatic heterocycles. The SMILES string of the molecule is CC[C@H](N)c1ccc(OCCC(F)(F)F)cc1. The fourth-order valence-electron chi connectivity index (χ4n) is 1.33. The zero-order valence-electron chi connectivity index (χ0n) is 9.63. The Hall–Kier alpha value is -1.23. The first kappa shape index (κ1) is 13.8. The fourth-order valence-corrected chi connectivity index (χ4v) is 1.33. The minimum atomic E-state index is -4.18. The molecule has 0 saturated carbocycles. The van der Waals surface area contributed by atoms with Crippen molar-refractivity contribution < 1.29 is 17.9 Å². The summed E-state index contributed by atoms with van der Waals surface area (Å²) in [5.74, 6) is 0.432. The zero-order valence-corrected chi connectivity index (χ0v) is 9.63. The first-order chi connectivity index (χ1) is 7.92. The molecular formula is C12H16F3NO. The van der Waals surface area contributed by atoms with E-state index in [4.69, 9.17) is 10.5 Å². The highest BCUT2D eigenvalue weighted by Crippen LogP contribution is 2.21. The van der Waals surface area contributed by atoms with Crippen molar-refractivity contribution in [1.29, 1.82) is 0 Å². The molecule has 0 amide bonds. The normalized spacial score (nSPS) is 13.5. The van der Waals surface area contributed by atoms with E-state index in [0.717, 1.165) is 12.0 Å². The molecule has 17 heavy (non-hydrogen) atoms. The van der Waals surface area contributed by atoms with Crippen molar-refractivity contribution in [2.24, 2.45) is 5.73 Å². The Morgan fingerprint density at radius 1 is 1.24 bits per heavy atom. The van der Waals surface area contributed by atoms with Crippen LogP contribution in [0, 0.1) is 0 Å². The second-order valence-corrected chi connectivity index (χ2v) is 3.80. The van der Waals surface area contributed by atoms with Gasteiger partial charge in [0.05, 0.1) is 13.0 Å². The van der Waals surface area contributed by atoms with Gasteiger partial charge in [0, 0.05) is 6.04 Å². The van der Waals surface area contributed by atoms with Crippen LogP contribution in [-0.2, 0) is 0 Å². The van der Waals surface area contributed by atoms with E-state index in [0.29, 0.717) is 5.75 Å². The number of ether oxygens (including phenoxy) is 1. The summed E-state index contributed by atoms with van der Waals surface area (Å²) in [4.78, 5) is 0. The molecule has 2 N–H and O–H groups in total. The fraction of sp³-hybridized carbons (Fsp3) is 0.500. The van der Waals surface area contributed by atoms with E-state index >= 15 is 0 Å². The number of alkyl halides is 3. The molecule has 0 unspecified atom stereocenters. The van der Waals surface area contributed by atoms with Crippen molar-refractivity contribution in [3.63, 3.8) is 0 Å². The monoisotopic (exact) mass is 247 g/mol. The topological polar surface area (TPSA) is 35.2 Å². The highest BCUT2D eigenvalue weighted by molar-refractivity contribution is 5.28. The lowest BCUT2D eigenvalue weighted by Gasteiger charge is -2.11. The van der Waals surface area contributed by atoms with Crippen LogP contribution in [0.25, 0.3) is 0 Å². The molecule has 0 fully saturated rings. The number of rotatable bonds is 5. The third-order valence-electron chi connectivity index (χ3n) is 2.40. The van der Waals surface area contributed by atoms with Crippen LogP contribution >= 0.6 is 0 Å². The average molecular weight is 247 g/mol. The summed E-state index contributed by atoms with van der Waals surface area (Å²) in [7, 11) is 0. The maximum atomic E-state index is 11.9. The maximum Gasteiger partial charge on any atom is 0.392 e. The second kappa shape index (κ2) is 5.91. The molecular weight excluding hydrogens is 231 g/mol. The average Bonchev–Trinajstić information content (AvgIpc) is 2.27. The Labute approximate surface area is 98.6 Å². The predicted molar refractivity (Wildman–Crippen MR) is 59.8 cm³/mol. The van der Waals surface area contributed by atoms with E-state index in [-0.39, 0.29) is 12.6 Å². The van der Waals surface area contributed by atoms with Gasteiger partial charge in [0.1, 0.15) is 5.75 Å². The van der Waals surface area contributed by atoms with E-state index in [1.807, 2.05) is 6.92 Å². The van der Waals surface area contributed by atoms with Gasteiger partial charge >= 0.3 is 6.18 Å². The molecule has 96 valence electrons. The highest BCUT2D eigenvalue weighted by Gasteiger charge is 2.26. The number of halogens is 3. The minimum absolute atomic E-state index is 0.0424. The molecule has 0 saturated heterocycles. The molecule has 0 spiro atoms. The first-order valence-corrected chi connectivity index (χ1v) is 5.47. The van der Waals surface area contributed by atoms with Crippen molar-refractivity contribution in [2.45, 2.75) is 32.0 Å². The smallest absolute Gasteiger partial charge is 0.392 e. The molecule has 0 bridgehead atoms. The Morgan fingerprint density at radius 2 is 1.82 bits per heavy atom. The van der Waals surface area contributed by atoms with Crippen molar-refractivity contribution in [3.8, 4) is 5.75 Å². The third kappa shape index (κ3) is 5.08. The van der Waals surface area contributed by atoms with Gasteiger partial charge in [-0.2, -0.15) is 13.2 Å². The van der Waals surface area contributed by atoms with Gasteiger partial charge in [-0.3, -0.25) is 0 Å². The molecule has 1 atom stereocenters. The van der Waals surface area contributed by atoms with Crippen molar-refractivity contribution in [2.75, 3.05) is 6.61 Å². The summed E-state index contributed by atoms with van der Waals surface area (Å²) in [5, 5.41) is 0. The number of benzene rings is 1. The van der Waals surface area contributed by atoms with Gasteiger partial charge in [-0.1, -0.05) is 19.1 Å². The van der Waals surface area contributed by atoms with Crippen LogP contribution in [0.1, 0.15) is 31.4 Å². The quantitative estimate of drug-likeness (QED) is 0.865. The summed E-state index contributed by atoms with van der Waals surface area (Å²) < 4.78 is 40.6. The maximum absolute atomic E-state index is 11.9. The van der Waals surface area contributed by atoms with Gasteiger partial charge in [0.25, 0.3) is 0 Å². The summed E-state index contributed by atoms with van der Waals surface area (Å²) in [6.45, 7) is 1.61. The Kier molecular flexibility index (Phi) is 4.81. The Bertz CT molecular complexity index is 335. The predicted octanol–water partition coefficient (Wildman–Crippen LogP) is 3.43. The molecule has 1 aromatic rings. The van der Waals surface area contributed by atoms with Crippen LogP contribution in [-0.4, -0.2) is 12.8 Å². The van der Waals surface area contributed by atoms with Gasteiger partial charge in [-0.05, 0) is 24.1 Å². The lowest BCUT2D eigenvalue weighted by molar-refractivity contribution is -0.139. The second-order valence-electron chi connectivity index (χ2n) is 3.80. The van der Waals surface area contributed by atoms with Crippen LogP contribution < -0.4 is 10.5 Å². The van der Waals surface area contributed by atoms with E-state index in [1.54, 1.807) is 24.3 Å². The molecule has 1 aromatic carbocycles. The molecule has 0 radical (unpaired) electrons. The zero-order chi connectivity index (χ0) is 12.9. The van der Waals surface area contributed by atoms with Crippen LogP contribution in [0.4, 0.5) is 13.2 Å². The number of hydrogen-bond donors (Lipinski definition) is 1. The van der Waals surface area contributed by atoms with Gasteiger partial charge in [0.2, 0.25) is 0 Å². The molecule has 2 nitrogen and oxygen atoms in total. The van der Waals surface area contributed by atoms with E-state index in [9.17, 15) is 13.2 Å². The summed E-state index contributed by atoms with van der Waals surface area (Å²) >= 11 is 0. The van der Waals surface area contributed by atoms with Crippen LogP contribution in [0.15, 0.2) is 24.3 Å². The Balaban J connectivity index is 2.46. The lowest BCUT2D eigenvalue weighted by atomic mass is 10.1. The van der Waals surface area contributed by atoms with Gasteiger partial charge < -0.3 is 10.5 Å². The highest BCUT2D eigenvalue weighted by atomic mass is 19.4. The van der Waals surface area contributed by atoms with Crippen molar-refractivity contribution >= 4 is 0 Å². The van der Waals surface area contributed by atoms with Crippen LogP contribution in [0.2, 0.25) is 0 Å². The molecule has 1 rings (SSSR count). The standard InChI is InChI=1S/C12H16F3NO/c1-2-11(16)9-3-5-10(6-4-9)17-8-7-12(13,14)15/h3-6,11H,2,7-8,16H2,1H3/t11-/m0/s1. The minimum Gasteiger partial charge on any atom is -0.493 e. The largest absolute Gasteiger partial charge is 0.493 e. The van der Waals surface area contributed by atoms with E-state index in [2.05, 4.69) is 0 Å². The number of nitrogens with two attached hydrogens (primary N) is 1. The summed E-state index contributed by atoms with van der Waals surface area (Å²) in [6, 6.07) is 6.79. The third-order valence-corrected chi connectivity index (χ3v) is 2.40. The molecule has 0 aliphatic heterocycles. The van der Waals surface area contributed by atoms with Gasteiger partial charge in [0.15, 0.2) is 0 Å². The van der Waals surface area contributed by atoms with E-state index < -0.39 is 12.6 Å². The van der Waals surface area contributed by atoms with E-state index in [1.165, 1.54) is 0 Å². The lowest BCUT2D eigenvalue weighted by Crippen LogP contribution is -2.13.